The fourth-order valence-corrected chi connectivity index (χ4v) is 5.13. The van der Waals surface area contributed by atoms with Crippen molar-refractivity contribution in [2.24, 2.45) is 0 Å². The van der Waals surface area contributed by atoms with Crippen molar-refractivity contribution in [3.05, 3.63) is 47.7 Å². The molecule has 0 bridgehead atoms. The van der Waals surface area contributed by atoms with Crippen molar-refractivity contribution >= 4 is 17.7 Å². The number of ether oxygens (including phenoxy) is 3. The van der Waals surface area contributed by atoms with Gasteiger partial charge in [-0.05, 0) is 49.4 Å². The maximum absolute atomic E-state index is 13.1. The Bertz CT molecular complexity index is 852. The van der Waals surface area contributed by atoms with E-state index in [1.54, 1.807) is 38.2 Å². The first-order chi connectivity index (χ1) is 14.2. The summed E-state index contributed by atoms with van der Waals surface area (Å²) in [5, 5.41) is -0.0586. The summed E-state index contributed by atoms with van der Waals surface area (Å²) in [6, 6.07) is 9.43. The molecule has 1 atom stereocenters. The third-order valence-corrected chi connectivity index (χ3v) is 6.68. The van der Waals surface area contributed by atoms with E-state index in [0.29, 0.717) is 29.5 Å². The molecule has 1 saturated carbocycles. The third kappa shape index (κ3) is 4.29. The molecule has 2 aromatic rings. The van der Waals surface area contributed by atoms with E-state index in [0.717, 1.165) is 24.2 Å². The maximum atomic E-state index is 13.1. The molecular formula is C22H26N2O4S. The molecule has 2 fully saturated rings. The quantitative estimate of drug-likeness (QED) is 0.702. The highest BCUT2D eigenvalue weighted by Gasteiger charge is 2.32. The molecule has 1 aliphatic heterocycles. The van der Waals surface area contributed by atoms with Crippen molar-refractivity contribution in [2.75, 3.05) is 26.5 Å². The van der Waals surface area contributed by atoms with Gasteiger partial charge in [-0.3, -0.25) is 4.79 Å². The molecule has 2 aliphatic rings. The van der Waals surface area contributed by atoms with E-state index in [1.165, 1.54) is 12.8 Å². The molecule has 1 aliphatic carbocycles. The number of pyridine rings is 1. The van der Waals surface area contributed by atoms with Crippen LogP contribution in [0.15, 0.2) is 36.5 Å². The highest BCUT2D eigenvalue weighted by molar-refractivity contribution is 7.99. The number of thioether (sulfide) groups is 1. The Morgan fingerprint density at radius 1 is 1.10 bits per heavy atom. The molecule has 4 rings (SSSR count). The fourth-order valence-electron chi connectivity index (χ4n) is 3.88. The predicted octanol–water partition coefficient (Wildman–Crippen LogP) is 4.31. The lowest BCUT2D eigenvalue weighted by molar-refractivity contribution is 0.0759. The molecule has 6 nitrogen and oxygen atoms in total. The van der Waals surface area contributed by atoms with Crippen molar-refractivity contribution in [1.29, 1.82) is 0 Å². The van der Waals surface area contributed by atoms with Gasteiger partial charge in [-0.1, -0.05) is 6.07 Å². The first-order valence-corrected chi connectivity index (χ1v) is 11.0. The zero-order valence-corrected chi connectivity index (χ0v) is 17.6. The van der Waals surface area contributed by atoms with Crippen LogP contribution in [-0.2, 0) is 0 Å². The molecule has 154 valence electrons. The van der Waals surface area contributed by atoms with E-state index in [4.69, 9.17) is 14.2 Å². The van der Waals surface area contributed by atoms with E-state index in [-0.39, 0.29) is 17.4 Å². The number of carbonyl (C=O) groups excluding carboxylic acids is 1. The molecule has 1 aromatic carbocycles. The van der Waals surface area contributed by atoms with Crippen LogP contribution in [0.2, 0.25) is 0 Å². The SMILES string of the molecule is COc1ccc(C2SCCN2C(=O)c2ccc(OC3CCCC3)nc2)cc1OC. The molecule has 0 radical (unpaired) electrons. The van der Waals surface area contributed by atoms with Crippen LogP contribution >= 0.6 is 11.8 Å². The number of hydrogen-bond donors (Lipinski definition) is 0. The van der Waals surface area contributed by atoms with Crippen molar-refractivity contribution in [3.63, 3.8) is 0 Å². The third-order valence-electron chi connectivity index (χ3n) is 5.42. The lowest BCUT2D eigenvalue weighted by atomic mass is 10.1. The second-order valence-corrected chi connectivity index (χ2v) is 8.43. The Labute approximate surface area is 175 Å². The van der Waals surface area contributed by atoms with E-state index in [1.807, 2.05) is 29.2 Å². The lowest BCUT2D eigenvalue weighted by Crippen LogP contribution is -2.30. The molecule has 1 aromatic heterocycles. The number of methoxy groups -OCH3 is 2. The Balaban J connectivity index is 1.49. The average Bonchev–Trinajstić information content (AvgIpc) is 3.45. The molecule has 1 unspecified atom stereocenters. The number of aromatic nitrogens is 1. The first kappa shape index (κ1) is 19.9. The highest BCUT2D eigenvalue weighted by Crippen LogP contribution is 2.41. The van der Waals surface area contributed by atoms with Gasteiger partial charge in [0.1, 0.15) is 11.5 Å². The van der Waals surface area contributed by atoms with Crippen LogP contribution in [0.4, 0.5) is 0 Å². The van der Waals surface area contributed by atoms with Crippen LogP contribution in [0.1, 0.15) is 47.0 Å². The van der Waals surface area contributed by atoms with Crippen LogP contribution in [-0.4, -0.2) is 48.4 Å². The van der Waals surface area contributed by atoms with Gasteiger partial charge in [0.25, 0.3) is 5.91 Å². The van der Waals surface area contributed by atoms with Gasteiger partial charge in [-0.25, -0.2) is 4.98 Å². The summed E-state index contributed by atoms with van der Waals surface area (Å²) >= 11 is 1.75. The van der Waals surface area contributed by atoms with Crippen LogP contribution < -0.4 is 14.2 Å². The van der Waals surface area contributed by atoms with Crippen molar-refractivity contribution < 1.29 is 19.0 Å². The van der Waals surface area contributed by atoms with Gasteiger partial charge >= 0.3 is 0 Å². The smallest absolute Gasteiger partial charge is 0.256 e. The van der Waals surface area contributed by atoms with Crippen molar-refractivity contribution in [2.45, 2.75) is 37.2 Å². The van der Waals surface area contributed by atoms with E-state index >= 15 is 0 Å². The summed E-state index contributed by atoms with van der Waals surface area (Å²) in [5.74, 6) is 2.82. The zero-order valence-electron chi connectivity index (χ0n) is 16.8. The Morgan fingerprint density at radius 3 is 2.59 bits per heavy atom. The predicted molar refractivity (Wildman–Crippen MR) is 113 cm³/mol. The molecule has 0 spiro atoms. The summed E-state index contributed by atoms with van der Waals surface area (Å²) in [6.45, 7) is 0.697. The van der Waals surface area contributed by atoms with Crippen LogP contribution in [0, 0.1) is 0 Å². The number of rotatable bonds is 6. The Hall–Kier alpha value is -2.41. The zero-order chi connectivity index (χ0) is 20.2. The topological polar surface area (TPSA) is 60.9 Å². The minimum atomic E-state index is -0.0586. The molecule has 0 N–H and O–H groups in total. The summed E-state index contributed by atoms with van der Waals surface area (Å²) in [7, 11) is 3.23. The molecule has 7 heteroatoms. The minimum absolute atomic E-state index is 0.0188. The number of hydrogen-bond acceptors (Lipinski definition) is 6. The largest absolute Gasteiger partial charge is 0.493 e. The number of nitrogens with zero attached hydrogens (tertiary/aromatic N) is 2. The minimum Gasteiger partial charge on any atom is -0.493 e. The van der Waals surface area contributed by atoms with Crippen LogP contribution in [0.25, 0.3) is 0 Å². The van der Waals surface area contributed by atoms with Crippen molar-refractivity contribution in [3.8, 4) is 17.4 Å². The average molecular weight is 415 g/mol. The van der Waals surface area contributed by atoms with E-state index in [2.05, 4.69) is 4.98 Å². The van der Waals surface area contributed by atoms with Crippen LogP contribution in [0.3, 0.4) is 0 Å². The monoisotopic (exact) mass is 414 g/mol. The first-order valence-electron chi connectivity index (χ1n) is 9.97. The van der Waals surface area contributed by atoms with Crippen LogP contribution in [0.5, 0.6) is 17.4 Å². The van der Waals surface area contributed by atoms with Crippen molar-refractivity contribution in [1.82, 2.24) is 9.88 Å². The van der Waals surface area contributed by atoms with Gasteiger partial charge in [-0.2, -0.15) is 0 Å². The van der Waals surface area contributed by atoms with E-state index in [9.17, 15) is 4.79 Å². The van der Waals surface area contributed by atoms with Gasteiger partial charge in [0.15, 0.2) is 11.5 Å². The number of amides is 1. The summed E-state index contributed by atoms with van der Waals surface area (Å²) < 4.78 is 16.7. The maximum Gasteiger partial charge on any atom is 0.256 e. The van der Waals surface area contributed by atoms with E-state index < -0.39 is 0 Å². The normalized spacial score (nSPS) is 19.4. The Kier molecular flexibility index (Phi) is 6.13. The fraction of sp³-hybridized carbons (Fsp3) is 0.455. The lowest BCUT2D eigenvalue weighted by Gasteiger charge is -2.25. The molecule has 1 saturated heterocycles. The van der Waals surface area contributed by atoms with Gasteiger partial charge in [0, 0.05) is 24.6 Å². The molecule has 2 heterocycles. The van der Waals surface area contributed by atoms with Gasteiger partial charge in [0.05, 0.1) is 19.8 Å². The number of carbonyl (C=O) groups is 1. The second kappa shape index (κ2) is 8.95. The summed E-state index contributed by atoms with van der Waals surface area (Å²) in [5.41, 5.74) is 1.60. The van der Waals surface area contributed by atoms with Gasteiger partial charge < -0.3 is 19.1 Å². The second-order valence-electron chi connectivity index (χ2n) is 7.25. The molecule has 1 amide bonds. The molecule has 29 heavy (non-hydrogen) atoms. The highest BCUT2D eigenvalue weighted by atomic mass is 32.2. The van der Waals surface area contributed by atoms with Gasteiger partial charge in [0.2, 0.25) is 5.88 Å². The molecular weight excluding hydrogens is 388 g/mol. The van der Waals surface area contributed by atoms with Gasteiger partial charge in [-0.15, -0.1) is 11.8 Å². The summed E-state index contributed by atoms with van der Waals surface area (Å²) in [6.07, 6.45) is 6.48. The standard InChI is InChI=1S/C22H26N2O4S/c1-26-18-9-7-15(13-19(18)27-2)22-24(11-12-29-22)21(25)16-8-10-20(23-14-16)28-17-5-3-4-6-17/h7-10,13-14,17,22H,3-6,11-12H2,1-2H3. The number of benzene rings is 1. The summed E-state index contributed by atoms with van der Waals surface area (Å²) in [4.78, 5) is 19.4. The Morgan fingerprint density at radius 2 is 1.90 bits per heavy atom.